The summed E-state index contributed by atoms with van der Waals surface area (Å²) in [5.41, 5.74) is 8.65. The van der Waals surface area contributed by atoms with E-state index >= 15 is 0 Å². The minimum atomic E-state index is 0. The summed E-state index contributed by atoms with van der Waals surface area (Å²) < 4.78 is 5.53. The molecule has 4 nitrogen and oxygen atoms in total. The van der Waals surface area contributed by atoms with Crippen molar-refractivity contribution in [1.29, 1.82) is 0 Å². The van der Waals surface area contributed by atoms with Crippen molar-refractivity contribution >= 4 is 24.2 Å². The van der Waals surface area contributed by atoms with Gasteiger partial charge in [0.2, 0.25) is 0 Å². The number of hydrogen-bond donors (Lipinski definition) is 0. The van der Waals surface area contributed by atoms with Crippen molar-refractivity contribution in [3.8, 4) is 0 Å². The molecule has 5 heteroatoms. The number of nitrogens with zero attached hydrogens (tertiary/aromatic N) is 3. The molecule has 2 fully saturated rings. The van der Waals surface area contributed by atoms with Crippen LogP contribution in [0.15, 0.2) is 84.4 Å². The van der Waals surface area contributed by atoms with E-state index in [-0.39, 0.29) is 12.4 Å². The number of fused-ring (bicyclic) bond motifs is 1. The smallest absolute Gasteiger partial charge is 0.0642 e. The minimum Gasteiger partial charge on any atom is -0.378 e. The van der Waals surface area contributed by atoms with Crippen molar-refractivity contribution in [2.45, 2.75) is 25.3 Å². The van der Waals surface area contributed by atoms with E-state index < -0.39 is 0 Å². The molecule has 0 aromatic heterocycles. The van der Waals surface area contributed by atoms with Crippen molar-refractivity contribution in [3.05, 3.63) is 107 Å². The van der Waals surface area contributed by atoms with Crippen LogP contribution in [-0.4, -0.2) is 68.8 Å². The molecule has 0 atom stereocenters. The highest BCUT2D eigenvalue weighted by atomic mass is 35.5. The summed E-state index contributed by atoms with van der Waals surface area (Å²) in [6, 6.07) is 29.5. The summed E-state index contributed by atoms with van der Waals surface area (Å²) >= 11 is 0. The average Bonchev–Trinajstić information content (AvgIpc) is 3.20. The first-order chi connectivity index (χ1) is 18.3. The Balaban J connectivity index is 0.00000294. The SMILES string of the molecule is C1=C(CN2CCCN(C(c3ccccc3)c3ccccc3)CC2)CCc2cc(N3CCOCC3)ccc21.Cl. The molecular weight excluding hydrogens is 490 g/mol. The molecule has 2 saturated heterocycles. The van der Waals surface area contributed by atoms with Gasteiger partial charge in [-0.3, -0.25) is 9.80 Å². The molecule has 1 aliphatic carbocycles. The first-order valence-electron chi connectivity index (χ1n) is 14.0. The van der Waals surface area contributed by atoms with Crippen molar-refractivity contribution in [2.75, 3.05) is 63.9 Å². The largest absolute Gasteiger partial charge is 0.378 e. The van der Waals surface area contributed by atoms with Crippen LogP contribution in [0.4, 0.5) is 5.69 Å². The van der Waals surface area contributed by atoms with Gasteiger partial charge < -0.3 is 9.64 Å². The number of benzene rings is 3. The molecule has 2 aliphatic heterocycles. The molecule has 200 valence electrons. The molecule has 3 aromatic rings. The molecule has 0 bridgehead atoms. The van der Waals surface area contributed by atoms with Crippen LogP contribution in [0.5, 0.6) is 0 Å². The number of rotatable bonds is 6. The summed E-state index contributed by atoms with van der Waals surface area (Å²) in [7, 11) is 0. The fourth-order valence-corrected chi connectivity index (χ4v) is 6.26. The van der Waals surface area contributed by atoms with Crippen LogP contribution in [0.1, 0.15) is 41.1 Å². The van der Waals surface area contributed by atoms with Gasteiger partial charge in [0.15, 0.2) is 0 Å². The Morgan fingerprint density at radius 2 is 1.42 bits per heavy atom. The summed E-state index contributed by atoms with van der Waals surface area (Å²) in [6.07, 6.45) is 6.02. The van der Waals surface area contributed by atoms with Gasteiger partial charge in [-0.1, -0.05) is 78.4 Å². The minimum absolute atomic E-state index is 0. The summed E-state index contributed by atoms with van der Waals surface area (Å²) in [6.45, 7) is 9.31. The topological polar surface area (TPSA) is 19.0 Å². The highest BCUT2D eigenvalue weighted by molar-refractivity contribution is 5.85. The zero-order valence-electron chi connectivity index (χ0n) is 22.3. The number of anilines is 1. The van der Waals surface area contributed by atoms with E-state index in [4.69, 9.17) is 4.74 Å². The third-order valence-electron chi connectivity index (χ3n) is 8.22. The first-order valence-corrected chi connectivity index (χ1v) is 14.0. The zero-order chi connectivity index (χ0) is 24.9. The highest BCUT2D eigenvalue weighted by Crippen LogP contribution is 2.31. The van der Waals surface area contributed by atoms with Gasteiger partial charge in [0.25, 0.3) is 0 Å². The second kappa shape index (κ2) is 12.9. The fourth-order valence-electron chi connectivity index (χ4n) is 6.26. The molecule has 38 heavy (non-hydrogen) atoms. The monoisotopic (exact) mass is 529 g/mol. The molecule has 0 amide bonds. The van der Waals surface area contributed by atoms with Crippen LogP contribution in [0.2, 0.25) is 0 Å². The summed E-state index contributed by atoms with van der Waals surface area (Å²) in [5, 5.41) is 0. The Morgan fingerprint density at radius 3 is 2.13 bits per heavy atom. The molecule has 0 N–H and O–H groups in total. The molecule has 0 spiro atoms. The molecule has 3 aliphatic rings. The summed E-state index contributed by atoms with van der Waals surface area (Å²) in [4.78, 5) is 7.85. The van der Waals surface area contributed by atoms with Crippen LogP contribution in [0.25, 0.3) is 6.08 Å². The molecule has 0 unspecified atom stereocenters. The van der Waals surface area contributed by atoms with Crippen LogP contribution >= 0.6 is 12.4 Å². The third kappa shape index (κ3) is 6.32. The Kier molecular flexibility index (Phi) is 9.18. The maximum Gasteiger partial charge on any atom is 0.0642 e. The highest BCUT2D eigenvalue weighted by Gasteiger charge is 2.25. The van der Waals surface area contributed by atoms with Gasteiger partial charge >= 0.3 is 0 Å². The fraction of sp³-hybridized carbons (Fsp3) is 0.394. The van der Waals surface area contributed by atoms with E-state index in [0.29, 0.717) is 6.04 Å². The van der Waals surface area contributed by atoms with Crippen molar-refractivity contribution in [2.24, 2.45) is 0 Å². The first kappa shape index (κ1) is 27.0. The Bertz CT molecular complexity index is 1150. The predicted octanol–water partition coefficient (Wildman–Crippen LogP) is 6.07. The average molecular weight is 530 g/mol. The van der Waals surface area contributed by atoms with E-state index in [2.05, 4.69) is 99.6 Å². The number of halogens is 1. The lowest BCUT2D eigenvalue weighted by atomic mass is 9.91. The molecule has 3 aromatic carbocycles. The summed E-state index contributed by atoms with van der Waals surface area (Å²) in [5.74, 6) is 0. The van der Waals surface area contributed by atoms with Gasteiger partial charge in [0, 0.05) is 45.0 Å². The van der Waals surface area contributed by atoms with Crippen molar-refractivity contribution < 1.29 is 4.74 Å². The van der Waals surface area contributed by atoms with Crippen LogP contribution < -0.4 is 4.90 Å². The van der Waals surface area contributed by atoms with Crippen LogP contribution in [-0.2, 0) is 11.2 Å². The van der Waals surface area contributed by atoms with E-state index in [9.17, 15) is 0 Å². The Labute approximate surface area is 234 Å². The van der Waals surface area contributed by atoms with Crippen molar-refractivity contribution in [1.82, 2.24) is 9.80 Å². The van der Waals surface area contributed by atoms with E-state index in [1.54, 1.807) is 5.57 Å². The second-order valence-corrected chi connectivity index (χ2v) is 10.7. The number of aryl methyl sites for hydroxylation is 1. The van der Waals surface area contributed by atoms with Crippen molar-refractivity contribution in [3.63, 3.8) is 0 Å². The van der Waals surface area contributed by atoms with Gasteiger partial charge in [0.1, 0.15) is 0 Å². The maximum atomic E-state index is 5.53. The quantitative estimate of drug-likeness (QED) is 0.385. The normalized spacial score (nSPS) is 18.9. The van der Waals surface area contributed by atoms with Gasteiger partial charge in [-0.2, -0.15) is 0 Å². The van der Waals surface area contributed by atoms with E-state index in [1.165, 1.54) is 47.3 Å². The van der Waals surface area contributed by atoms with Crippen LogP contribution in [0.3, 0.4) is 0 Å². The van der Waals surface area contributed by atoms with Gasteiger partial charge in [0.05, 0.1) is 19.3 Å². The lowest BCUT2D eigenvalue weighted by molar-refractivity contribution is 0.122. The molecular formula is C33H40ClN3O. The lowest BCUT2D eigenvalue weighted by Crippen LogP contribution is -2.36. The van der Waals surface area contributed by atoms with E-state index in [1.807, 2.05) is 0 Å². The van der Waals surface area contributed by atoms with Gasteiger partial charge in [-0.25, -0.2) is 0 Å². The lowest BCUT2D eigenvalue weighted by Gasteiger charge is -2.32. The van der Waals surface area contributed by atoms with Crippen LogP contribution in [0, 0.1) is 0 Å². The zero-order valence-corrected chi connectivity index (χ0v) is 23.1. The number of hydrogen-bond acceptors (Lipinski definition) is 4. The number of morpholine rings is 1. The predicted molar refractivity (Wildman–Crippen MR) is 160 cm³/mol. The molecule has 2 heterocycles. The molecule has 0 radical (unpaired) electrons. The maximum absolute atomic E-state index is 5.53. The van der Waals surface area contributed by atoms with Gasteiger partial charge in [-0.05, 0) is 60.2 Å². The molecule has 0 saturated carbocycles. The third-order valence-corrected chi connectivity index (χ3v) is 8.22. The Hall–Kier alpha value is -2.63. The Morgan fingerprint density at radius 1 is 0.711 bits per heavy atom. The second-order valence-electron chi connectivity index (χ2n) is 10.7. The standard InChI is InChI=1S/C33H39N3O.ClH/c1-3-8-28(9-4-1)33(29-10-5-2-6-11-29)36-17-7-16-34(18-19-36)26-27-12-13-31-25-32(15-14-30(31)24-27)35-20-22-37-23-21-35;/h1-6,8-11,14-15,24-25,33H,7,12-13,16-23,26H2;1H. The van der Waals surface area contributed by atoms with Gasteiger partial charge in [-0.15, -0.1) is 12.4 Å². The van der Waals surface area contributed by atoms with E-state index in [0.717, 1.165) is 58.9 Å². The number of ether oxygens (including phenoxy) is 1. The molecule has 6 rings (SSSR count).